The molecule has 3 nitrogen and oxygen atoms in total. The van der Waals surface area contributed by atoms with E-state index in [1.54, 1.807) is 6.07 Å². The van der Waals surface area contributed by atoms with Crippen LogP contribution >= 0.6 is 23.2 Å². The maximum absolute atomic E-state index is 12.7. The molecular formula is C17H19Cl2NO2S. The summed E-state index contributed by atoms with van der Waals surface area (Å²) >= 11 is 11.9. The van der Waals surface area contributed by atoms with Crippen LogP contribution in [-0.2, 0) is 16.6 Å². The van der Waals surface area contributed by atoms with Gasteiger partial charge >= 0.3 is 0 Å². The Hall–Kier alpha value is -1.07. The molecule has 0 atom stereocenters. The van der Waals surface area contributed by atoms with Crippen molar-refractivity contribution in [2.24, 2.45) is 0 Å². The topological polar surface area (TPSA) is 37.4 Å². The third kappa shape index (κ3) is 4.27. The Morgan fingerprint density at radius 1 is 1.04 bits per heavy atom. The summed E-state index contributed by atoms with van der Waals surface area (Å²) in [6.07, 6.45) is 0. The molecule has 2 rings (SSSR count). The molecule has 0 amide bonds. The molecule has 0 N–H and O–H groups in total. The number of benzene rings is 2. The quantitative estimate of drug-likeness (QED) is 0.746. The maximum Gasteiger partial charge on any atom is 0.244 e. The van der Waals surface area contributed by atoms with Crippen molar-refractivity contribution in [2.45, 2.75) is 31.2 Å². The summed E-state index contributed by atoms with van der Waals surface area (Å²) in [5.41, 5.74) is 2.13. The van der Waals surface area contributed by atoms with Crippen LogP contribution in [0.1, 0.15) is 30.9 Å². The molecule has 0 bridgehead atoms. The van der Waals surface area contributed by atoms with E-state index in [1.165, 1.54) is 29.0 Å². The molecule has 2 aromatic rings. The molecule has 0 saturated carbocycles. The zero-order valence-corrected chi connectivity index (χ0v) is 15.6. The van der Waals surface area contributed by atoms with Gasteiger partial charge in [-0.3, -0.25) is 0 Å². The minimum atomic E-state index is -3.70. The third-order valence-corrected chi connectivity index (χ3v) is 6.15. The summed E-state index contributed by atoms with van der Waals surface area (Å²) in [6.45, 7) is 4.50. The highest BCUT2D eigenvalue weighted by molar-refractivity contribution is 7.89. The van der Waals surface area contributed by atoms with Crippen LogP contribution in [0.25, 0.3) is 0 Å². The molecule has 2 aromatic carbocycles. The molecule has 0 aliphatic rings. The molecule has 0 radical (unpaired) electrons. The predicted molar refractivity (Wildman–Crippen MR) is 95.6 cm³/mol. The highest BCUT2D eigenvalue weighted by Crippen LogP contribution is 2.28. The monoisotopic (exact) mass is 371 g/mol. The number of sulfonamides is 1. The summed E-state index contributed by atoms with van der Waals surface area (Å²) in [5.74, 6) is 0.441. The van der Waals surface area contributed by atoms with Crippen LogP contribution in [0.3, 0.4) is 0 Å². The molecule has 124 valence electrons. The van der Waals surface area contributed by atoms with Crippen molar-refractivity contribution in [3.63, 3.8) is 0 Å². The number of hydrogen-bond donors (Lipinski definition) is 0. The van der Waals surface area contributed by atoms with Gasteiger partial charge in [-0.1, -0.05) is 61.3 Å². The highest BCUT2D eigenvalue weighted by atomic mass is 35.5. The maximum atomic E-state index is 12.7. The van der Waals surface area contributed by atoms with Crippen LogP contribution in [0.5, 0.6) is 0 Å². The highest BCUT2D eigenvalue weighted by Gasteiger charge is 2.24. The Morgan fingerprint density at radius 2 is 1.65 bits per heavy atom. The fraction of sp³-hybridized carbons (Fsp3) is 0.294. The first-order valence-electron chi connectivity index (χ1n) is 7.22. The second-order valence-electron chi connectivity index (χ2n) is 5.73. The van der Waals surface area contributed by atoms with E-state index < -0.39 is 10.0 Å². The third-order valence-electron chi connectivity index (χ3n) is 3.63. The van der Waals surface area contributed by atoms with E-state index in [1.807, 2.05) is 24.3 Å². The first-order chi connectivity index (χ1) is 10.7. The van der Waals surface area contributed by atoms with Crippen molar-refractivity contribution in [1.82, 2.24) is 4.31 Å². The van der Waals surface area contributed by atoms with Gasteiger partial charge < -0.3 is 0 Å². The minimum Gasteiger partial charge on any atom is -0.207 e. The lowest BCUT2D eigenvalue weighted by atomic mass is 10.0. The standard InChI is InChI=1S/C17H19Cl2NO2S/c1-12(2)14-6-4-13(5-7-14)11-20(3)23(21,22)17-10-15(18)8-9-16(17)19/h4-10,12H,11H2,1-3H3. The van der Waals surface area contributed by atoms with E-state index in [0.717, 1.165) is 5.56 Å². The molecule has 0 spiro atoms. The molecule has 0 unspecified atom stereocenters. The lowest BCUT2D eigenvalue weighted by Crippen LogP contribution is -2.26. The first-order valence-corrected chi connectivity index (χ1v) is 9.41. The van der Waals surface area contributed by atoms with Gasteiger partial charge in [0, 0.05) is 18.6 Å². The molecule has 0 fully saturated rings. The van der Waals surface area contributed by atoms with Gasteiger partial charge in [0.1, 0.15) is 4.90 Å². The largest absolute Gasteiger partial charge is 0.244 e. The van der Waals surface area contributed by atoms with Crippen molar-refractivity contribution in [2.75, 3.05) is 7.05 Å². The molecule has 23 heavy (non-hydrogen) atoms. The SMILES string of the molecule is CC(C)c1ccc(CN(C)S(=O)(=O)c2cc(Cl)ccc2Cl)cc1. The van der Waals surface area contributed by atoms with E-state index in [0.29, 0.717) is 10.9 Å². The van der Waals surface area contributed by atoms with Crippen LogP contribution < -0.4 is 0 Å². The van der Waals surface area contributed by atoms with Crippen LogP contribution in [0.2, 0.25) is 10.0 Å². The summed E-state index contributed by atoms with van der Waals surface area (Å²) in [6, 6.07) is 12.4. The molecule has 0 aliphatic carbocycles. The van der Waals surface area contributed by atoms with Gasteiger partial charge in [-0.2, -0.15) is 4.31 Å². The number of rotatable bonds is 5. The van der Waals surface area contributed by atoms with Crippen molar-refractivity contribution in [1.29, 1.82) is 0 Å². The van der Waals surface area contributed by atoms with Crippen molar-refractivity contribution >= 4 is 33.2 Å². The summed E-state index contributed by atoms with van der Waals surface area (Å²) in [7, 11) is -2.17. The van der Waals surface area contributed by atoms with Gasteiger partial charge in [-0.15, -0.1) is 0 Å². The second kappa shape index (κ2) is 7.22. The van der Waals surface area contributed by atoms with Crippen molar-refractivity contribution in [3.8, 4) is 0 Å². The van der Waals surface area contributed by atoms with Gasteiger partial charge in [-0.05, 0) is 35.2 Å². The Morgan fingerprint density at radius 3 is 2.22 bits per heavy atom. The lowest BCUT2D eigenvalue weighted by Gasteiger charge is -2.18. The van der Waals surface area contributed by atoms with Crippen LogP contribution in [0, 0.1) is 0 Å². The first kappa shape index (κ1) is 18.3. The van der Waals surface area contributed by atoms with Crippen molar-refractivity contribution in [3.05, 3.63) is 63.6 Å². The number of halogens is 2. The number of hydrogen-bond acceptors (Lipinski definition) is 2. The number of nitrogens with zero attached hydrogens (tertiary/aromatic N) is 1. The van der Waals surface area contributed by atoms with Crippen molar-refractivity contribution < 1.29 is 8.42 Å². The van der Waals surface area contributed by atoms with Gasteiger partial charge in [0.2, 0.25) is 10.0 Å². The van der Waals surface area contributed by atoms with Crippen LogP contribution in [0.15, 0.2) is 47.4 Å². The van der Waals surface area contributed by atoms with Gasteiger partial charge in [0.05, 0.1) is 5.02 Å². The molecule has 0 saturated heterocycles. The Kier molecular flexibility index (Phi) is 5.74. The van der Waals surface area contributed by atoms with Crippen LogP contribution in [0.4, 0.5) is 0 Å². The predicted octanol–water partition coefficient (Wildman–Crippen LogP) is 4.94. The Balaban J connectivity index is 2.25. The molecule has 6 heteroatoms. The average molecular weight is 372 g/mol. The zero-order valence-electron chi connectivity index (χ0n) is 13.3. The average Bonchev–Trinajstić information content (AvgIpc) is 2.50. The van der Waals surface area contributed by atoms with E-state index in [9.17, 15) is 8.42 Å². The van der Waals surface area contributed by atoms with E-state index in [-0.39, 0.29) is 16.5 Å². The normalized spacial score (nSPS) is 12.1. The van der Waals surface area contributed by atoms with E-state index in [4.69, 9.17) is 23.2 Å². The summed E-state index contributed by atoms with van der Waals surface area (Å²) < 4.78 is 26.6. The Labute approximate surface area is 147 Å². The minimum absolute atomic E-state index is 0.0213. The van der Waals surface area contributed by atoms with E-state index >= 15 is 0 Å². The fourth-order valence-corrected chi connectivity index (χ4v) is 4.08. The van der Waals surface area contributed by atoms with Gasteiger partial charge in [0.25, 0.3) is 0 Å². The van der Waals surface area contributed by atoms with E-state index in [2.05, 4.69) is 13.8 Å². The summed E-state index contributed by atoms with van der Waals surface area (Å²) in [4.78, 5) is 0.0213. The smallest absolute Gasteiger partial charge is 0.207 e. The lowest BCUT2D eigenvalue weighted by molar-refractivity contribution is 0.466. The molecular weight excluding hydrogens is 353 g/mol. The van der Waals surface area contributed by atoms with Gasteiger partial charge in [0.15, 0.2) is 0 Å². The van der Waals surface area contributed by atoms with Crippen LogP contribution in [-0.4, -0.2) is 19.8 Å². The fourth-order valence-electron chi connectivity index (χ4n) is 2.19. The van der Waals surface area contributed by atoms with Gasteiger partial charge in [-0.25, -0.2) is 8.42 Å². The molecule has 0 heterocycles. The second-order valence-corrected chi connectivity index (χ2v) is 8.59. The molecule has 0 aromatic heterocycles. The molecule has 0 aliphatic heterocycles. The Bertz CT molecular complexity index is 787. The zero-order chi connectivity index (χ0) is 17.2. The summed E-state index contributed by atoms with van der Waals surface area (Å²) in [5, 5.41) is 0.499.